The number of aromatic nitrogens is 4. The van der Waals surface area contributed by atoms with E-state index in [0.717, 1.165) is 41.5 Å². The maximum atomic E-state index is 13.5. The van der Waals surface area contributed by atoms with Crippen molar-refractivity contribution in [2.75, 3.05) is 18.4 Å². The van der Waals surface area contributed by atoms with E-state index in [0.29, 0.717) is 17.1 Å². The summed E-state index contributed by atoms with van der Waals surface area (Å²) < 4.78 is 15.4. The molecule has 1 aromatic carbocycles. The molecule has 6 nitrogen and oxygen atoms in total. The van der Waals surface area contributed by atoms with Crippen molar-refractivity contribution in [3.8, 4) is 11.1 Å². The van der Waals surface area contributed by atoms with Gasteiger partial charge in [-0.1, -0.05) is 25.1 Å². The Balaban J connectivity index is 1.42. The quantitative estimate of drug-likeness (QED) is 0.414. The van der Waals surface area contributed by atoms with Gasteiger partial charge in [0.2, 0.25) is 5.95 Å². The average Bonchev–Trinajstić information content (AvgIpc) is 3.19. The monoisotopic (exact) mass is 442 g/mol. The maximum absolute atomic E-state index is 13.5. The molecule has 5 rings (SSSR count). The van der Waals surface area contributed by atoms with Crippen molar-refractivity contribution in [3.63, 3.8) is 0 Å². The lowest BCUT2D eigenvalue weighted by atomic mass is 10.0. The highest BCUT2D eigenvalue weighted by atomic mass is 19.1. The minimum atomic E-state index is -0.539. The van der Waals surface area contributed by atoms with Gasteiger partial charge in [-0.05, 0) is 55.1 Å². The Hall–Kier alpha value is -3.58. The third-order valence-electron chi connectivity index (χ3n) is 6.27. The highest BCUT2D eigenvalue weighted by Gasteiger charge is 2.17. The first-order valence-corrected chi connectivity index (χ1v) is 11.3. The Labute approximate surface area is 192 Å². The van der Waals surface area contributed by atoms with Crippen molar-refractivity contribution < 1.29 is 4.39 Å². The molecule has 0 aliphatic carbocycles. The van der Waals surface area contributed by atoms with E-state index in [1.807, 2.05) is 30.2 Å². The summed E-state index contributed by atoms with van der Waals surface area (Å²) >= 11 is 0. The Bertz CT molecular complexity index is 1310. The second-order valence-corrected chi connectivity index (χ2v) is 8.57. The van der Waals surface area contributed by atoms with Gasteiger partial charge in [0, 0.05) is 54.3 Å². The van der Waals surface area contributed by atoms with Crippen LogP contribution in [0.4, 0.5) is 10.2 Å². The van der Waals surface area contributed by atoms with Gasteiger partial charge < -0.3 is 5.32 Å². The van der Waals surface area contributed by atoms with Crippen LogP contribution in [0.25, 0.3) is 27.6 Å². The lowest BCUT2D eigenvalue weighted by Crippen LogP contribution is -2.30. The number of pyridine rings is 2. The van der Waals surface area contributed by atoms with Gasteiger partial charge in [0.15, 0.2) is 0 Å². The lowest BCUT2D eigenvalue weighted by Gasteiger charge is -2.26. The fourth-order valence-corrected chi connectivity index (χ4v) is 4.41. The fourth-order valence-electron chi connectivity index (χ4n) is 4.41. The molecule has 33 heavy (non-hydrogen) atoms. The number of anilines is 1. The summed E-state index contributed by atoms with van der Waals surface area (Å²) in [6, 6.07) is 11.4. The van der Waals surface area contributed by atoms with Gasteiger partial charge in [0.05, 0.1) is 11.9 Å². The summed E-state index contributed by atoms with van der Waals surface area (Å²) in [6.07, 6.45) is 9.08. The molecule has 1 aliphatic rings. The first-order valence-electron chi connectivity index (χ1n) is 11.3. The van der Waals surface area contributed by atoms with E-state index in [-0.39, 0.29) is 0 Å². The number of hydrogen-bond donors (Lipinski definition) is 1. The summed E-state index contributed by atoms with van der Waals surface area (Å²) in [5.41, 5.74) is 4.73. The van der Waals surface area contributed by atoms with Gasteiger partial charge in [0.25, 0.3) is 0 Å². The van der Waals surface area contributed by atoms with Crippen LogP contribution in [0.3, 0.4) is 0 Å². The first-order chi connectivity index (χ1) is 16.1. The molecule has 0 unspecified atom stereocenters. The number of nitrogens with zero attached hydrogens (tertiary/aromatic N) is 5. The van der Waals surface area contributed by atoms with Gasteiger partial charge in [0.1, 0.15) is 5.82 Å². The van der Waals surface area contributed by atoms with Crippen molar-refractivity contribution in [2.24, 2.45) is 7.05 Å². The number of rotatable bonds is 6. The molecule has 1 fully saturated rings. The van der Waals surface area contributed by atoms with Crippen molar-refractivity contribution in [1.29, 1.82) is 0 Å². The Morgan fingerprint density at radius 2 is 1.88 bits per heavy atom. The fraction of sp³-hybridized carbons (Fsp3) is 0.269. The molecule has 4 heterocycles. The molecule has 0 atom stereocenters. The van der Waals surface area contributed by atoms with Gasteiger partial charge >= 0.3 is 0 Å². The first kappa shape index (κ1) is 21.3. The molecule has 1 saturated heterocycles. The van der Waals surface area contributed by atoms with Gasteiger partial charge in [-0.15, -0.1) is 0 Å². The van der Waals surface area contributed by atoms with Crippen LogP contribution in [0.2, 0.25) is 0 Å². The molecule has 0 spiro atoms. The van der Waals surface area contributed by atoms with Crippen LogP contribution < -0.4 is 5.32 Å². The second kappa shape index (κ2) is 9.11. The summed E-state index contributed by atoms with van der Waals surface area (Å²) in [6.45, 7) is 7.22. The van der Waals surface area contributed by atoms with E-state index >= 15 is 0 Å². The van der Waals surface area contributed by atoms with Crippen LogP contribution in [0.15, 0.2) is 61.6 Å². The van der Waals surface area contributed by atoms with Crippen molar-refractivity contribution in [1.82, 2.24) is 24.6 Å². The van der Waals surface area contributed by atoms with E-state index in [9.17, 15) is 4.39 Å². The molecule has 0 radical (unpaired) electrons. The maximum Gasteiger partial charge on any atom is 0.213 e. The molecule has 4 aromatic rings. The zero-order chi connectivity index (χ0) is 22.8. The van der Waals surface area contributed by atoms with Crippen LogP contribution in [-0.4, -0.2) is 37.7 Å². The van der Waals surface area contributed by atoms with Crippen molar-refractivity contribution in [2.45, 2.75) is 25.8 Å². The summed E-state index contributed by atoms with van der Waals surface area (Å²) in [7, 11) is 2.02. The minimum absolute atomic E-state index is 0.539. The van der Waals surface area contributed by atoms with Crippen LogP contribution in [0.1, 0.15) is 30.5 Å². The summed E-state index contributed by atoms with van der Waals surface area (Å²) in [5, 5.41) is 9.85. The number of halogens is 1. The average molecular weight is 443 g/mol. The molecule has 0 bridgehead atoms. The number of nitrogens with one attached hydrogen (secondary N) is 1. The summed E-state index contributed by atoms with van der Waals surface area (Å²) in [4.78, 5) is 10.6. The van der Waals surface area contributed by atoms with E-state index < -0.39 is 5.95 Å². The standard InChI is InChI=1S/C26H27FN6/c1-18(19-8-9-28-25(27)13-19)31-26-14-22-12-20(6-7-21(22)15-29-26)23-16-30-32(2)24(23)17-33-10-4-3-5-11-33/h6-9,12-16H,1,3-5,10-11,17H2,2H3,(H,29,31). The third kappa shape index (κ3) is 4.64. The zero-order valence-electron chi connectivity index (χ0n) is 18.8. The number of aryl methyl sites for hydroxylation is 1. The van der Waals surface area contributed by atoms with Crippen molar-refractivity contribution in [3.05, 3.63) is 78.8 Å². The predicted molar refractivity (Wildman–Crippen MR) is 130 cm³/mol. The molecule has 0 amide bonds. The minimum Gasteiger partial charge on any atom is -0.340 e. The Morgan fingerprint density at radius 3 is 2.70 bits per heavy atom. The molecule has 1 N–H and O–H groups in total. The van der Waals surface area contributed by atoms with E-state index in [1.165, 1.54) is 37.2 Å². The van der Waals surface area contributed by atoms with E-state index in [2.05, 4.69) is 50.1 Å². The molecule has 168 valence electrons. The largest absolute Gasteiger partial charge is 0.340 e. The molecule has 0 saturated carbocycles. The highest BCUT2D eigenvalue weighted by molar-refractivity contribution is 5.89. The van der Waals surface area contributed by atoms with Crippen molar-refractivity contribution >= 4 is 22.3 Å². The van der Waals surface area contributed by atoms with Gasteiger partial charge in [-0.3, -0.25) is 9.58 Å². The molecule has 3 aromatic heterocycles. The number of benzene rings is 1. The molecule has 1 aliphatic heterocycles. The van der Waals surface area contributed by atoms with E-state index in [4.69, 9.17) is 0 Å². The predicted octanol–water partition coefficient (Wildman–Crippen LogP) is 5.24. The lowest BCUT2D eigenvalue weighted by molar-refractivity contribution is 0.216. The van der Waals surface area contributed by atoms with Crippen LogP contribution in [0, 0.1) is 5.95 Å². The SMILES string of the molecule is C=C(Nc1cc2cc(-c3cnn(C)c3CN3CCCCC3)ccc2cn1)c1ccnc(F)c1. The normalized spacial score (nSPS) is 14.5. The van der Waals surface area contributed by atoms with Gasteiger partial charge in [-0.25, -0.2) is 9.97 Å². The Morgan fingerprint density at radius 1 is 1.03 bits per heavy atom. The highest BCUT2D eigenvalue weighted by Crippen LogP contribution is 2.29. The number of fused-ring (bicyclic) bond motifs is 1. The van der Waals surface area contributed by atoms with Crippen LogP contribution in [-0.2, 0) is 13.6 Å². The van der Waals surface area contributed by atoms with Crippen LogP contribution >= 0.6 is 0 Å². The molecular formula is C26H27FN6. The summed E-state index contributed by atoms with van der Waals surface area (Å²) in [5.74, 6) is 0.116. The number of hydrogen-bond acceptors (Lipinski definition) is 5. The second-order valence-electron chi connectivity index (χ2n) is 8.57. The van der Waals surface area contributed by atoms with Gasteiger partial charge in [-0.2, -0.15) is 9.49 Å². The number of likely N-dealkylation sites (tertiary alicyclic amines) is 1. The molecule has 7 heteroatoms. The molecular weight excluding hydrogens is 415 g/mol. The number of piperidine rings is 1. The zero-order valence-corrected chi connectivity index (χ0v) is 18.8. The van der Waals surface area contributed by atoms with E-state index in [1.54, 1.807) is 6.07 Å². The third-order valence-corrected chi connectivity index (χ3v) is 6.27. The smallest absolute Gasteiger partial charge is 0.213 e. The van der Waals surface area contributed by atoms with Crippen LogP contribution in [0.5, 0.6) is 0 Å². The topological polar surface area (TPSA) is 58.9 Å². The Kier molecular flexibility index (Phi) is 5.88.